The third-order valence-corrected chi connectivity index (χ3v) is 4.33. The normalized spacial score (nSPS) is 13.3. The molecule has 3 amide bonds. The van der Waals surface area contributed by atoms with Crippen LogP contribution in [0.5, 0.6) is 0 Å². The second-order valence-electron chi connectivity index (χ2n) is 6.37. The molecule has 7 nitrogen and oxygen atoms in total. The van der Waals surface area contributed by atoms with Gasteiger partial charge in [0.15, 0.2) is 6.61 Å². The number of anilines is 1. The molecule has 1 N–H and O–H groups in total. The van der Waals surface area contributed by atoms with Crippen molar-refractivity contribution in [2.75, 3.05) is 18.5 Å². The van der Waals surface area contributed by atoms with E-state index in [1.165, 1.54) is 6.07 Å². The molecule has 1 aliphatic rings. The fourth-order valence-corrected chi connectivity index (χ4v) is 2.94. The van der Waals surface area contributed by atoms with Gasteiger partial charge in [-0.05, 0) is 24.1 Å². The van der Waals surface area contributed by atoms with Gasteiger partial charge in [0.1, 0.15) is 0 Å². The van der Waals surface area contributed by atoms with Gasteiger partial charge in [-0.25, -0.2) is 4.79 Å². The minimum Gasteiger partial charge on any atom is -0.452 e. The fraction of sp³-hybridized carbons (Fsp3) is 0.238. The standard InChI is InChI=1S/C21H20N2O5/c24-18(13-15-7-2-1-3-8-15)22-17-10-5-4-9-16(17)21(27)28-14-20(26)23-12-6-11-19(23)25/h1-5,7-10H,6,11-14H2,(H,22,24). The number of para-hydroxylation sites is 1. The smallest absolute Gasteiger partial charge is 0.340 e. The molecule has 3 rings (SSSR count). The average Bonchev–Trinajstić information content (AvgIpc) is 3.13. The molecule has 0 unspecified atom stereocenters. The molecule has 1 saturated heterocycles. The number of imide groups is 1. The van der Waals surface area contributed by atoms with Gasteiger partial charge >= 0.3 is 5.97 Å². The predicted octanol–water partition coefficient (Wildman–Crippen LogP) is 2.17. The van der Waals surface area contributed by atoms with Crippen LogP contribution in [0.1, 0.15) is 28.8 Å². The lowest BCUT2D eigenvalue weighted by molar-refractivity contribution is -0.143. The monoisotopic (exact) mass is 380 g/mol. The Balaban J connectivity index is 1.61. The van der Waals surface area contributed by atoms with Crippen LogP contribution in [-0.4, -0.2) is 41.7 Å². The van der Waals surface area contributed by atoms with Crippen LogP contribution in [0.3, 0.4) is 0 Å². The summed E-state index contributed by atoms with van der Waals surface area (Å²) in [6, 6.07) is 15.6. The zero-order valence-electron chi connectivity index (χ0n) is 15.2. The number of likely N-dealkylation sites (tertiary alicyclic amines) is 1. The lowest BCUT2D eigenvalue weighted by atomic mass is 10.1. The second kappa shape index (κ2) is 8.94. The summed E-state index contributed by atoms with van der Waals surface area (Å²) in [5.41, 5.74) is 1.29. The summed E-state index contributed by atoms with van der Waals surface area (Å²) in [6.45, 7) is -0.168. The molecule has 0 aliphatic carbocycles. The lowest BCUT2D eigenvalue weighted by Crippen LogP contribution is -2.35. The van der Waals surface area contributed by atoms with Gasteiger partial charge in [0.05, 0.1) is 17.7 Å². The van der Waals surface area contributed by atoms with Gasteiger partial charge in [0.2, 0.25) is 11.8 Å². The van der Waals surface area contributed by atoms with E-state index in [-0.39, 0.29) is 23.8 Å². The van der Waals surface area contributed by atoms with Crippen LogP contribution in [0.4, 0.5) is 5.69 Å². The molecule has 0 aromatic heterocycles. The van der Waals surface area contributed by atoms with Gasteiger partial charge < -0.3 is 10.1 Å². The van der Waals surface area contributed by atoms with Crippen LogP contribution in [0.25, 0.3) is 0 Å². The molecule has 0 bridgehead atoms. The molecule has 144 valence electrons. The first-order chi connectivity index (χ1) is 13.5. The third-order valence-electron chi connectivity index (χ3n) is 4.33. The molecule has 0 saturated carbocycles. The van der Waals surface area contributed by atoms with Gasteiger partial charge in [-0.15, -0.1) is 0 Å². The summed E-state index contributed by atoms with van der Waals surface area (Å²) >= 11 is 0. The van der Waals surface area contributed by atoms with Crippen LogP contribution >= 0.6 is 0 Å². The lowest BCUT2D eigenvalue weighted by Gasteiger charge is -2.14. The molecule has 1 heterocycles. The van der Waals surface area contributed by atoms with Crippen molar-refractivity contribution in [2.45, 2.75) is 19.3 Å². The number of nitrogens with one attached hydrogen (secondary N) is 1. The largest absolute Gasteiger partial charge is 0.452 e. The minimum atomic E-state index is -0.740. The molecular weight excluding hydrogens is 360 g/mol. The average molecular weight is 380 g/mol. The van der Waals surface area contributed by atoms with E-state index in [2.05, 4.69) is 5.32 Å². The van der Waals surface area contributed by atoms with E-state index < -0.39 is 18.5 Å². The predicted molar refractivity (Wildman–Crippen MR) is 101 cm³/mol. The van der Waals surface area contributed by atoms with E-state index in [1.807, 2.05) is 30.3 Å². The molecule has 28 heavy (non-hydrogen) atoms. The molecule has 0 atom stereocenters. The quantitative estimate of drug-likeness (QED) is 0.776. The Morgan fingerprint density at radius 1 is 1.00 bits per heavy atom. The summed E-state index contributed by atoms with van der Waals surface area (Å²) in [6.07, 6.45) is 1.12. The number of hydrogen-bond donors (Lipinski definition) is 1. The highest BCUT2D eigenvalue weighted by molar-refractivity contribution is 6.03. The number of esters is 1. The Bertz CT molecular complexity index is 895. The maximum absolute atomic E-state index is 12.4. The maximum Gasteiger partial charge on any atom is 0.340 e. The first-order valence-corrected chi connectivity index (χ1v) is 8.97. The van der Waals surface area contributed by atoms with Crippen molar-refractivity contribution in [3.8, 4) is 0 Å². The Hall–Kier alpha value is -3.48. The highest BCUT2D eigenvalue weighted by Gasteiger charge is 2.27. The van der Waals surface area contributed by atoms with Crippen molar-refractivity contribution in [3.05, 3.63) is 65.7 Å². The van der Waals surface area contributed by atoms with Crippen molar-refractivity contribution in [2.24, 2.45) is 0 Å². The molecule has 0 spiro atoms. The topological polar surface area (TPSA) is 92.8 Å². The Morgan fingerprint density at radius 3 is 2.43 bits per heavy atom. The molecule has 2 aromatic rings. The van der Waals surface area contributed by atoms with Crippen molar-refractivity contribution < 1.29 is 23.9 Å². The van der Waals surface area contributed by atoms with E-state index in [9.17, 15) is 19.2 Å². The summed E-state index contributed by atoms with van der Waals surface area (Å²) in [5, 5.41) is 2.70. The number of carbonyl (C=O) groups excluding carboxylic acids is 4. The van der Waals surface area contributed by atoms with E-state index in [1.54, 1.807) is 18.2 Å². The first-order valence-electron chi connectivity index (χ1n) is 8.97. The van der Waals surface area contributed by atoms with Crippen molar-refractivity contribution in [1.82, 2.24) is 4.90 Å². The van der Waals surface area contributed by atoms with Crippen LogP contribution in [0.2, 0.25) is 0 Å². The molecule has 2 aromatic carbocycles. The molecule has 1 aliphatic heterocycles. The minimum absolute atomic E-state index is 0.143. The Morgan fingerprint density at radius 2 is 1.71 bits per heavy atom. The number of nitrogens with zero attached hydrogens (tertiary/aromatic N) is 1. The highest BCUT2D eigenvalue weighted by Crippen LogP contribution is 2.17. The van der Waals surface area contributed by atoms with E-state index in [4.69, 9.17) is 4.74 Å². The number of carbonyl (C=O) groups is 4. The molecule has 7 heteroatoms. The summed E-state index contributed by atoms with van der Waals surface area (Å²) < 4.78 is 5.06. The highest BCUT2D eigenvalue weighted by atomic mass is 16.5. The number of benzene rings is 2. The van der Waals surface area contributed by atoms with Gasteiger partial charge in [-0.1, -0.05) is 42.5 Å². The molecule has 0 radical (unpaired) electrons. The maximum atomic E-state index is 12.4. The van der Waals surface area contributed by atoms with Crippen LogP contribution in [0.15, 0.2) is 54.6 Å². The van der Waals surface area contributed by atoms with E-state index >= 15 is 0 Å². The van der Waals surface area contributed by atoms with Crippen LogP contribution in [-0.2, 0) is 25.5 Å². The summed E-state index contributed by atoms with van der Waals surface area (Å²) in [7, 11) is 0. The number of hydrogen-bond acceptors (Lipinski definition) is 5. The van der Waals surface area contributed by atoms with Crippen LogP contribution in [0, 0.1) is 0 Å². The zero-order valence-corrected chi connectivity index (χ0v) is 15.2. The van der Waals surface area contributed by atoms with Crippen molar-refractivity contribution in [3.63, 3.8) is 0 Å². The fourth-order valence-electron chi connectivity index (χ4n) is 2.94. The molecule has 1 fully saturated rings. The number of amides is 3. The SMILES string of the molecule is O=C(Cc1ccccc1)Nc1ccccc1C(=O)OCC(=O)N1CCCC1=O. The van der Waals surface area contributed by atoms with Gasteiger partial charge in [-0.3, -0.25) is 19.3 Å². The Labute approximate surface area is 162 Å². The summed E-state index contributed by atoms with van der Waals surface area (Å²) in [4.78, 5) is 49.3. The first kappa shape index (κ1) is 19.3. The zero-order chi connectivity index (χ0) is 19.9. The van der Waals surface area contributed by atoms with Gasteiger partial charge in [-0.2, -0.15) is 0 Å². The summed E-state index contributed by atoms with van der Waals surface area (Å²) in [5.74, 6) is -1.81. The van der Waals surface area contributed by atoms with Gasteiger partial charge in [0.25, 0.3) is 5.91 Å². The van der Waals surface area contributed by atoms with E-state index in [0.29, 0.717) is 25.1 Å². The van der Waals surface area contributed by atoms with E-state index in [0.717, 1.165) is 10.5 Å². The molecular formula is C21H20N2O5. The second-order valence-corrected chi connectivity index (χ2v) is 6.37. The number of rotatable bonds is 6. The Kier molecular flexibility index (Phi) is 6.16. The number of ether oxygens (including phenoxy) is 1. The van der Waals surface area contributed by atoms with Crippen LogP contribution < -0.4 is 5.32 Å². The van der Waals surface area contributed by atoms with Crippen molar-refractivity contribution >= 4 is 29.4 Å². The third kappa shape index (κ3) is 4.82. The van der Waals surface area contributed by atoms with Crippen molar-refractivity contribution in [1.29, 1.82) is 0 Å². The van der Waals surface area contributed by atoms with Gasteiger partial charge in [0, 0.05) is 13.0 Å².